The van der Waals surface area contributed by atoms with Crippen LogP contribution in [0.1, 0.15) is 104 Å². The minimum atomic E-state index is -1.35. The average molecular weight is 796 g/mol. The van der Waals surface area contributed by atoms with E-state index in [-0.39, 0.29) is 50.2 Å². The molecule has 310 valence electrons. The molecule has 3 aromatic rings. The van der Waals surface area contributed by atoms with E-state index >= 15 is 0 Å². The summed E-state index contributed by atoms with van der Waals surface area (Å²) in [7, 11) is 0. The van der Waals surface area contributed by atoms with Gasteiger partial charge in [-0.15, -0.1) is 0 Å². The van der Waals surface area contributed by atoms with E-state index in [2.05, 4.69) is 24.5 Å². The fourth-order valence-corrected chi connectivity index (χ4v) is 9.12. The van der Waals surface area contributed by atoms with Crippen molar-refractivity contribution in [3.63, 3.8) is 0 Å². The highest BCUT2D eigenvalue weighted by Gasteiger charge is 2.76. The summed E-state index contributed by atoms with van der Waals surface area (Å²) in [5, 5.41) is 26.8. The zero-order chi connectivity index (χ0) is 40.7. The lowest BCUT2D eigenvalue weighted by atomic mass is 9.62. The Kier molecular flexibility index (Phi) is 13.3. The maximum atomic E-state index is 14.9. The second-order valence-corrected chi connectivity index (χ2v) is 16.1. The lowest BCUT2D eigenvalue weighted by Crippen LogP contribution is -2.69. The number of rotatable bonds is 19. The van der Waals surface area contributed by atoms with Gasteiger partial charge in [-0.3, -0.25) is 19.2 Å². The molecule has 58 heavy (non-hydrogen) atoms. The number of ether oxygens (including phenoxy) is 3. The maximum Gasteiger partial charge on any atom is 0.327 e. The van der Waals surface area contributed by atoms with Crippen molar-refractivity contribution in [2.75, 3.05) is 13.2 Å². The van der Waals surface area contributed by atoms with Gasteiger partial charge in [0.25, 0.3) is 5.91 Å². The molecule has 3 heterocycles. The number of hydrogen-bond donors (Lipinski definition) is 4. The third-order valence-corrected chi connectivity index (χ3v) is 12.0. The molecular weight excluding hydrogens is 739 g/mol. The third kappa shape index (κ3) is 8.72. The second kappa shape index (κ2) is 18.6. The molecule has 4 fully saturated rings. The molecule has 3 aliphatic heterocycles. The van der Waals surface area contributed by atoms with Crippen LogP contribution in [0.4, 0.5) is 0 Å². The van der Waals surface area contributed by atoms with Gasteiger partial charge in [0.2, 0.25) is 5.91 Å². The predicted octanol–water partition coefficient (Wildman–Crippen LogP) is 6.13. The molecule has 12 heteroatoms. The number of carbonyl (C=O) groups excluding carboxylic acids is 3. The summed E-state index contributed by atoms with van der Waals surface area (Å²) >= 11 is 0. The molecule has 4 aliphatic rings. The van der Waals surface area contributed by atoms with Gasteiger partial charge in [-0.25, -0.2) is 0 Å². The number of amides is 2. The minimum absolute atomic E-state index is 0.111. The van der Waals surface area contributed by atoms with E-state index in [4.69, 9.17) is 24.2 Å². The number of nitrogens with one attached hydrogen (secondary N) is 2. The number of benzene rings is 3. The Labute approximate surface area is 340 Å². The van der Waals surface area contributed by atoms with Crippen LogP contribution in [0.3, 0.4) is 0 Å². The summed E-state index contributed by atoms with van der Waals surface area (Å²) in [6.07, 6.45) is 9.38. The highest BCUT2D eigenvalue weighted by Crippen LogP contribution is 2.58. The van der Waals surface area contributed by atoms with Gasteiger partial charge in [0.05, 0.1) is 13.2 Å². The van der Waals surface area contributed by atoms with Crippen LogP contribution in [0.15, 0.2) is 78.9 Å². The molecule has 0 aromatic heterocycles. The van der Waals surface area contributed by atoms with Crippen molar-refractivity contribution in [1.29, 1.82) is 0 Å². The van der Waals surface area contributed by atoms with E-state index in [0.717, 1.165) is 55.2 Å². The topological polar surface area (TPSA) is 156 Å². The van der Waals surface area contributed by atoms with Gasteiger partial charge in [0.1, 0.15) is 35.6 Å². The average Bonchev–Trinajstić information content (AvgIpc) is 3.78. The summed E-state index contributed by atoms with van der Waals surface area (Å²) in [5.41, 5.74) is 2.40. The molecule has 0 spiro atoms. The first-order chi connectivity index (χ1) is 28.2. The summed E-state index contributed by atoms with van der Waals surface area (Å²) in [5.74, 6) is -1.83. The summed E-state index contributed by atoms with van der Waals surface area (Å²) < 4.78 is 20.1. The van der Waals surface area contributed by atoms with Crippen LogP contribution in [-0.4, -0.2) is 82.5 Å². The monoisotopic (exact) mass is 795 g/mol. The molecular formula is C46H57N3O9. The van der Waals surface area contributed by atoms with E-state index in [9.17, 15) is 19.5 Å². The van der Waals surface area contributed by atoms with Gasteiger partial charge in [-0.1, -0.05) is 106 Å². The number of para-hydroxylation sites is 1. The van der Waals surface area contributed by atoms with Crippen LogP contribution in [0.2, 0.25) is 0 Å². The molecule has 3 saturated heterocycles. The maximum absolute atomic E-state index is 14.9. The van der Waals surface area contributed by atoms with Gasteiger partial charge in [-0.05, 0) is 59.7 Å². The molecule has 1 saturated carbocycles. The normalized spacial score (nSPS) is 25.7. The Morgan fingerprint density at radius 1 is 0.897 bits per heavy atom. The van der Waals surface area contributed by atoms with E-state index in [1.54, 1.807) is 35.4 Å². The Morgan fingerprint density at radius 2 is 1.64 bits per heavy atom. The Balaban J connectivity index is 1.17. The number of carbonyl (C=O) groups is 3. The number of hydroxylamine groups is 2. The molecule has 7 rings (SSSR count). The first kappa shape index (κ1) is 41.6. The molecule has 6 atom stereocenters. The Bertz CT molecular complexity index is 1940. The fraction of sp³-hybridized carbons (Fsp3) is 0.500. The van der Waals surface area contributed by atoms with E-state index in [1.165, 1.54) is 0 Å². The van der Waals surface area contributed by atoms with Crippen molar-refractivity contribution in [2.45, 2.75) is 127 Å². The van der Waals surface area contributed by atoms with E-state index in [0.29, 0.717) is 30.4 Å². The molecule has 6 unspecified atom stereocenters. The number of allylic oxidation sites excluding steroid dienone is 1. The SMILES string of the molecule is CCCCCC1(CCCCC)OC2C3CC4(C(=O)NCc5cccc(C(=O)NCCO)c5)C(ON(Cc5cccc(C=CCc6ccccc6O)c5)C4C(=O)O3)C2O1. The number of phenolic OH excluding ortho intramolecular Hbond substituents is 1. The highest BCUT2D eigenvalue weighted by atomic mass is 16.8. The third-order valence-electron chi connectivity index (χ3n) is 12.0. The summed E-state index contributed by atoms with van der Waals surface area (Å²) in [4.78, 5) is 48.7. The summed E-state index contributed by atoms with van der Waals surface area (Å²) in [6, 6.07) is 21.1. The largest absolute Gasteiger partial charge is 0.508 e. The standard InChI is InChI=1S/C46H57N3O9/c1-3-5-9-22-45(23-10-6-4-2)56-38-37-28-46(44(54)48-29-32-16-13-20-35(27-32)42(52)47-24-25-50)40(43(53)55-37)49(58-41(46)39(38)57-45)30-33-17-11-14-31(26-33)15-12-19-34-18-7-8-21-36(34)51/h7-8,11-18,20-21,26-27,37-41,50-51H,3-6,9-10,19,22-25,28-30H2,1-2H3,(H,47,52)(H,48,54). The molecule has 2 bridgehead atoms. The predicted molar refractivity (Wildman–Crippen MR) is 217 cm³/mol. The Morgan fingerprint density at radius 3 is 2.40 bits per heavy atom. The summed E-state index contributed by atoms with van der Waals surface area (Å²) in [6.45, 7) is 4.60. The lowest BCUT2D eigenvalue weighted by Gasteiger charge is -2.48. The van der Waals surface area contributed by atoms with Crippen molar-refractivity contribution in [3.05, 3.63) is 107 Å². The van der Waals surface area contributed by atoms with Crippen LogP contribution in [0.25, 0.3) is 6.08 Å². The van der Waals surface area contributed by atoms with Crippen LogP contribution >= 0.6 is 0 Å². The van der Waals surface area contributed by atoms with Crippen molar-refractivity contribution >= 4 is 23.9 Å². The van der Waals surface area contributed by atoms with Gasteiger partial charge >= 0.3 is 5.97 Å². The van der Waals surface area contributed by atoms with Gasteiger partial charge in [0.15, 0.2) is 11.8 Å². The van der Waals surface area contributed by atoms with Crippen LogP contribution in [0, 0.1) is 5.41 Å². The minimum Gasteiger partial charge on any atom is -0.508 e. The van der Waals surface area contributed by atoms with Crippen molar-refractivity contribution in [2.24, 2.45) is 5.41 Å². The van der Waals surface area contributed by atoms with E-state index in [1.807, 2.05) is 54.6 Å². The number of fused-ring (bicyclic) bond motifs is 4. The first-order valence-electron chi connectivity index (χ1n) is 21.0. The van der Waals surface area contributed by atoms with Crippen LogP contribution < -0.4 is 10.6 Å². The van der Waals surface area contributed by atoms with Crippen LogP contribution in [0.5, 0.6) is 5.75 Å². The van der Waals surface area contributed by atoms with Gasteiger partial charge < -0.3 is 35.1 Å². The highest BCUT2D eigenvalue weighted by molar-refractivity contribution is 5.95. The number of aliphatic hydroxyl groups is 1. The number of unbranched alkanes of at least 4 members (excludes halogenated alkanes) is 4. The Hall–Kier alpha value is -4.59. The number of phenols is 1. The van der Waals surface area contributed by atoms with E-state index < -0.39 is 47.6 Å². The molecule has 4 N–H and O–H groups in total. The first-order valence-corrected chi connectivity index (χ1v) is 21.0. The smallest absolute Gasteiger partial charge is 0.327 e. The fourth-order valence-electron chi connectivity index (χ4n) is 9.12. The molecule has 12 nitrogen and oxygen atoms in total. The quantitative estimate of drug-likeness (QED) is 0.0823. The molecule has 1 aliphatic carbocycles. The van der Waals surface area contributed by atoms with Crippen molar-refractivity contribution in [3.8, 4) is 5.75 Å². The zero-order valence-electron chi connectivity index (χ0n) is 33.6. The number of esters is 1. The van der Waals surface area contributed by atoms with Crippen molar-refractivity contribution < 1.29 is 43.6 Å². The molecule has 0 radical (unpaired) electrons. The second-order valence-electron chi connectivity index (χ2n) is 16.1. The number of aromatic hydroxyl groups is 1. The number of aliphatic hydroxyl groups excluding tert-OH is 1. The molecule has 2 amide bonds. The van der Waals surface area contributed by atoms with Gasteiger partial charge in [-0.2, -0.15) is 5.06 Å². The number of nitrogens with zero attached hydrogens (tertiary/aromatic N) is 1. The lowest BCUT2D eigenvalue weighted by molar-refractivity contribution is -0.224. The van der Waals surface area contributed by atoms with Crippen LogP contribution in [-0.2, 0) is 48.1 Å². The zero-order valence-corrected chi connectivity index (χ0v) is 33.6. The van der Waals surface area contributed by atoms with Gasteiger partial charge in [0, 0.05) is 37.9 Å². The van der Waals surface area contributed by atoms with Crippen molar-refractivity contribution in [1.82, 2.24) is 15.7 Å². The number of hydrogen-bond acceptors (Lipinski definition) is 10. The molecule has 3 aromatic carbocycles.